The topological polar surface area (TPSA) is 61.8 Å². The Morgan fingerprint density at radius 3 is 2.42 bits per heavy atom. The third-order valence-corrected chi connectivity index (χ3v) is 4.16. The van der Waals surface area contributed by atoms with Crippen LogP contribution < -0.4 is 5.32 Å². The van der Waals surface area contributed by atoms with Crippen LogP contribution in [0.4, 0.5) is 4.79 Å². The van der Waals surface area contributed by atoms with E-state index in [2.05, 4.69) is 5.32 Å². The number of nitrogens with zero attached hydrogens (tertiary/aromatic N) is 1. The van der Waals surface area contributed by atoms with Crippen molar-refractivity contribution in [2.24, 2.45) is 5.92 Å². The molecule has 1 aliphatic carbocycles. The molecule has 0 atom stereocenters. The summed E-state index contributed by atoms with van der Waals surface area (Å²) in [4.78, 5) is 13.9. The molecule has 0 radical (unpaired) electrons. The van der Waals surface area contributed by atoms with E-state index in [1.165, 1.54) is 0 Å². The van der Waals surface area contributed by atoms with Gasteiger partial charge in [0.15, 0.2) is 0 Å². The van der Waals surface area contributed by atoms with Crippen molar-refractivity contribution >= 4 is 6.03 Å². The number of nitrogens with one attached hydrogen (secondary N) is 1. The van der Waals surface area contributed by atoms with E-state index in [0.717, 1.165) is 25.7 Å². The summed E-state index contributed by atoms with van der Waals surface area (Å²) >= 11 is 0. The first kappa shape index (κ1) is 16.2. The summed E-state index contributed by atoms with van der Waals surface area (Å²) in [7, 11) is 3.49. The Hall–Kier alpha value is -0.810. The summed E-state index contributed by atoms with van der Waals surface area (Å²) in [6.07, 6.45) is 3.95. The highest BCUT2D eigenvalue weighted by Crippen LogP contribution is 2.26. The predicted molar refractivity (Wildman–Crippen MR) is 75.1 cm³/mol. The second-order valence-corrected chi connectivity index (χ2v) is 6.09. The van der Waals surface area contributed by atoms with Gasteiger partial charge >= 0.3 is 6.03 Å². The molecule has 0 aromatic carbocycles. The maximum atomic E-state index is 12.1. The lowest BCUT2D eigenvalue weighted by molar-refractivity contribution is 0.0238. The quantitative estimate of drug-likeness (QED) is 0.799. The van der Waals surface area contributed by atoms with Crippen molar-refractivity contribution in [2.45, 2.75) is 51.2 Å². The molecule has 0 spiro atoms. The third-order valence-electron chi connectivity index (χ3n) is 4.16. The van der Waals surface area contributed by atoms with Crippen LogP contribution in [0.15, 0.2) is 0 Å². The molecule has 1 fully saturated rings. The number of ether oxygens (including phenoxy) is 1. The molecular formula is C14H28N2O3. The van der Waals surface area contributed by atoms with Crippen LogP contribution in [0.3, 0.4) is 0 Å². The van der Waals surface area contributed by atoms with Crippen LogP contribution in [0.1, 0.15) is 39.5 Å². The lowest BCUT2D eigenvalue weighted by Crippen LogP contribution is -2.49. The van der Waals surface area contributed by atoms with E-state index in [1.54, 1.807) is 12.0 Å². The van der Waals surface area contributed by atoms with Crippen molar-refractivity contribution in [3.05, 3.63) is 0 Å². The fraction of sp³-hybridized carbons (Fsp3) is 0.929. The summed E-state index contributed by atoms with van der Waals surface area (Å²) in [6, 6.07) is 0.242. The molecule has 1 rings (SSSR count). The first-order valence-electron chi connectivity index (χ1n) is 7.06. The highest BCUT2D eigenvalue weighted by Gasteiger charge is 2.27. The minimum absolute atomic E-state index is 0.0439. The summed E-state index contributed by atoms with van der Waals surface area (Å²) in [5.74, 6) is 0.417. The van der Waals surface area contributed by atoms with E-state index >= 15 is 0 Å². The molecule has 0 heterocycles. The number of hydrogen-bond acceptors (Lipinski definition) is 3. The summed E-state index contributed by atoms with van der Waals surface area (Å²) in [6.45, 7) is 4.66. The van der Waals surface area contributed by atoms with E-state index < -0.39 is 0 Å². The van der Waals surface area contributed by atoms with Gasteiger partial charge in [0, 0.05) is 33.4 Å². The molecule has 0 unspecified atom stereocenters. The lowest BCUT2D eigenvalue weighted by Gasteiger charge is -2.35. The summed E-state index contributed by atoms with van der Waals surface area (Å²) < 4.78 is 5.28. The van der Waals surface area contributed by atoms with Gasteiger partial charge in [-0.1, -0.05) is 0 Å². The van der Waals surface area contributed by atoms with E-state index in [0.29, 0.717) is 12.5 Å². The molecule has 0 aromatic heterocycles. The largest absolute Gasteiger partial charge is 0.396 e. The van der Waals surface area contributed by atoms with E-state index in [9.17, 15) is 4.79 Å². The Morgan fingerprint density at radius 1 is 1.37 bits per heavy atom. The summed E-state index contributed by atoms with van der Waals surface area (Å²) in [5.41, 5.74) is -0.342. The second kappa shape index (κ2) is 7.10. The molecule has 1 aliphatic rings. The normalized spacial score (nSPS) is 24.1. The van der Waals surface area contributed by atoms with Gasteiger partial charge < -0.3 is 20.1 Å². The van der Waals surface area contributed by atoms with Gasteiger partial charge in [-0.3, -0.25) is 0 Å². The van der Waals surface area contributed by atoms with Gasteiger partial charge in [0.2, 0.25) is 0 Å². The number of carbonyl (C=O) groups excluding carboxylic acids is 1. The van der Waals surface area contributed by atoms with E-state index in [-0.39, 0.29) is 24.3 Å². The van der Waals surface area contributed by atoms with Gasteiger partial charge in [-0.2, -0.15) is 0 Å². The molecular weight excluding hydrogens is 244 g/mol. The van der Waals surface area contributed by atoms with Gasteiger partial charge in [-0.05, 0) is 45.4 Å². The summed E-state index contributed by atoms with van der Waals surface area (Å²) in [5, 5.41) is 12.0. The number of aliphatic hydroxyl groups is 1. The minimum Gasteiger partial charge on any atom is -0.396 e. The van der Waals surface area contributed by atoms with Crippen molar-refractivity contribution in [2.75, 3.05) is 27.3 Å². The smallest absolute Gasteiger partial charge is 0.317 e. The van der Waals surface area contributed by atoms with Gasteiger partial charge in [-0.15, -0.1) is 0 Å². The molecule has 2 N–H and O–H groups in total. The van der Waals surface area contributed by atoms with Crippen molar-refractivity contribution in [3.63, 3.8) is 0 Å². The molecule has 0 bridgehead atoms. The zero-order chi connectivity index (χ0) is 14.5. The number of urea groups is 1. The Bertz CT molecular complexity index is 286. The number of amides is 2. The molecule has 1 saturated carbocycles. The Labute approximate surface area is 116 Å². The van der Waals surface area contributed by atoms with Gasteiger partial charge in [-0.25, -0.2) is 4.79 Å². The monoisotopic (exact) mass is 272 g/mol. The van der Waals surface area contributed by atoms with Gasteiger partial charge in [0.05, 0.1) is 5.60 Å². The maximum Gasteiger partial charge on any atom is 0.317 e. The van der Waals surface area contributed by atoms with Crippen LogP contribution >= 0.6 is 0 Å². The van der Waals surface area contributed by atoms with E-state index in [4.69, 9.17) is 9.84 Å². The number of carbonyl (C=O) groups is 1. The molecule has 0 saturated heterocycles. The molecule has 19 heavy (non-hydrogen) atoms. The zero-order valence-electron chi connectivity index (χ0n) is 12.6. The van der Waals surface area contributed by atoms with Crippen LogP contribution in [0.5, 0.6) is 0 Å². The van der Waals surface area contributed by atoms with Crippen LogP contribution in [0, 0.1) is 5.92 Å². The zero-order valence-corrected chi connectivity index (χ0v) is 12.6. The Kier molecular flexibility index (Phi) is 6.07. The first-order chi connectivity index (χ1) is 8.89. The fourth-order valence-corrected chi connectivity index (χ4v) is 2.37. The average molecular weight is 272 g/mol. The molecule has 5 nitrogen and oxygen atoms in total. The standard InChI is InChI=1S/C14H28N2O3/c1-14(2,19-4)10-15-13(18)16(3)12-7-5-11(9-17)6-8-12/h11-12,17H,5-10H2,1-4H3,(H,15,18). The SMILES string of the molecule is COC(C)(C)CNC(=O)N(C)C1CCC(CO)CC1. The number of aliphatic hydroxyl groups excluding tert-OH is 1. The number of methoxy groups -OCH3 is 1. The maximum absolute atomic E-state index is 12.1. The average Bonchev–Trinajstić information content (AvgIpc) is 2.44. The molecule has 0 aromatic rings. The number of rotatable bonds is 5. The van der Waals surface area contributed by atoms with Gasteiger partial charge in [0.25, 0.3) is 0 Å². The van der Waals surface area contributed by atoms with Gasteiger partial charge in [0.1, 0.15) is 0 Å². The van der Waals surface area contributed by atoms with Crippen molar-refractivity contribution in [1.82, 2.24) is 10.2 Å². The van der Waals surface area contributed by atoms with Crippen LogP contribution in [0.2, 0.25) is 0 Å². The van der Waals surface area contributed by atoms with Crippen LogP contribution in [-0.4, -0.2) is 55.0 Å². The highest BCUT2D eigenvalue weighted by atomic mass is 16.5. The Morgan fingerprint density at radius 2 is 1.95 bits per heavy atom. The van der Waals surface area contributed by atoms with Crippen LogP contribution in [-0.2, 0) is 4.74 Å². The number of hydrogen-bond donors (Lipinski definition) is 2. The van der Waals surface area contributed by atoms with Crippen molar-refractivity contribution in [3.8, 4) is 0 Å². The molecule has 5 heteroatoms. The Balaban J connectivity index is 2.37. The molecule has 2 amide bonds. The predicted octanol–water partition coefficient (Wildman–Crippen LogP) is 1.60. The highest BCUT2D eigenvalue weighted by molar-refractivity contribution is 5.74. The van der Waals surface area contributed by atoms with E-state index in [1.807, 2.05) is 20.9 Å². The van der Waals surface area contributed by atoms with Crippen molar-refractivity contribution < 1.29 is 14.6 Å². The van der Waals surface area contributed by atoms with Crippen molar-refractivity contribution in [1.29, 1.82) is 0 Å². The van der Waals surface area contributed by atoms with Crippen LogP contribution in [0.25, 0.3) is 0 Å². The first-order valence-corrected chi connectivity index (χ1v) is 7.06. The second-order valence-electron chi connectivity index (χ2n) is 6.09. The lowest BCUT2D eigenvalue weighted by atomic mass is 9.86. The fourth-order valence-electron chi connectivity index (χ4n) is 2.37. The molecule has 112 valence electrons. The third kappa shape index (κ3) is 4.99. The minimum atomic E-state index is -0.342. The molecule has 0 aliphatic heterocycles.